The Hall–Kier alpha value is -0.830. The van der Waals surface area contributed by atoms with Crippen LogP contribution in [-0.2, 0) is 10.8 Å². The normalized spacial score (nSPS) is 31.7. The minimum Gasteiger partial charge on any atom is -0.399 e. The van der Waals surface area contributed by atoms with Crippen LogP contribution in [0.15, 0.2) is 23.1 Å². The van der Waals surface area contributed by atoms with Gasteiger partial charge in [-0.1, -0.05) is 6.42 Å². The number of aryl methyl sites for hydroxylation is 1. The highest BCUT2D eigenvalue weighted by Crippen LogP contribution is 2.48. The number of fused-ring (bicyclic) bond motifs is 2. The second kappa shape index (κ2) is 4.69. The summed E-state index contributed by atoms with van der Waals surface area (Å²) in [4.78, 5) is 0.949. The van der Waals surface area contributed by atoms with Crippen molar-refractivity contribution in [3.05, 3.63) is 23.8 Å². The van der Waals surface area contributed by atoms with E-state index in [4.69, 9.17) is 5.73 Å². The van der Waals surface area contributed by atoms with Crippen molar-refractivity contribution in [3.8, 4) is 0 Å². The molecular weight excluding hydrogens is 242 g/mol. The molecule has 98 valence electrons. The van der Waals surface area contributed by atoms with Gasteiger partial charge in [-0.05, 0) is 67.7 Å². The smallest absolute Gasteiger partial charge is 0.0532 e. The van der Waals surface area contributed by atoms with E-state index in [2.05, 4.69) is 0 Å². The summed E-state index contributed by atoms with van der Waals surface area (Å²) in [5.41, 5.74) is 7.63. The lowest BCUT2D eigenvalue weighted by atomic mass is 9.90. The van der Waals surface area contributed by atoms with Crippen molar-refractivity contribution in [1.82, 2.24) is 0 Å². The van der Waals surface area contributed by atoms with Crippen LogP contribution in [0.25, 0.3) is 0 Å². The second-order valence-electron chi connectivity index (χ2n) is 5.97. The van der Waals surface area contributed by atoms with Crippen LogP contribution in [0.3, 0.4) is 0 Å². The van der Waals surface area contributed by atoms with Gasteiger partial charge in [0.2, 0.25) is 0 Å². The lowest BCUT2D eigenvalue weighted by molar-refractivity contribution is 0.363. The highest BCUT2D eigenvalue weighted by atomic mass is 32.2. The first kappa shape index (κ1) is 12.2. The van der Waals surface area contributed by atoms with Crippen LogP contribution in [0.1, 0.15) is 31.2 Å². The Balaban J connectivity index is 1.69. The summed E-state index contributed by atoms with van der Waals surface area (Å²) in [6.45, 7) is 1.98. The van der Waals surface area contributed by atoms with E-state index in [1.54, 1.807) is 0 Å². The molecule has 2 aliphatic rings. The highest BCUT2D eigenvalue weighted by molar-refractivity contribution is 7.85. The fourth-order valence-electron chi connectivity index (χ4n) is 3.66. The van der Waals surface area contributed by atoms with Gasteiger partial charge < -0.3 is 5.73 Å². The maximum atomic E-state index is 12.4. The van der Waals surface area contributed by atoms with Crippen molar-refractivity contribution in [1.29, 1.82) is 0 Å². The molecule has 2 nitrogen and oxygen atoms in total. The van der Waals surface area contributed by atoms with Crippen molar-refractivity contribution in [2.75, 3.05) is 11.5 Å². The summed E-state index contributed by atoms with van der Waals surface area (Å²) in [5.74, 6) is 3.34. The molecule has 2 N–H and O–H groups in total. The van der Waals surface area contributed by atoms with Gasteiger partial charge in [0, 0.05) is 16.3 Å². The van der Waals surface area contributed by atoms with E-state index in [1.807, 2.05) is 25.1 Å². The van der Waals surface area contributed by atoms with E-state index in [0.29, 0.717) is 5.92 Å². The number of hydrogen-bond acceptors (Lipinski definition) is 2. The van der Waals surface area contributed by atoms with Crippen LogP contribution >= 0.6 is 0 Å². The quantitative estimate of drug-likeness (QED) is 0.851. The van der Waals surface area contributed by atoms with Gasteiger partial charge in [0.25, 0.3) is 0 Å². The molecule has 3 heteroatoms. The van der Waals surface area contributed by atoms with Crippen molar-refractivity contribution in [2.45, 2.75) is 37.5 Å². The van der Waals surface area contributed by atoms with Gasteiger partial charge in [-0.2, -0.15) is 0 Å². The molecule has 2 bridgehead atoms. The number of benzene rings is 1. The van der Waals surface area contributed by atoms with Crippen molar-refractivity contribution < 1.29 is 4.21 Å². The highest BCUT2D eigenvalue weighted by Gasteiger charge is 2.39. The van der Waals surface area contributed by atoms with Crippen molar-refractivity contribution in [3.63, 3.8) is 0 Å². The Morgan fingerprint density at radius 2 is 2.17 bits per heavy atom. The van der Waals surface area contributed by atoms with Gasteiger partial charge in [0.05, 0.1) is 10.8 Å². The lowest BCUT2D eigenvalue weighted by Gasteiger charge is -2.21. The third kappa shape index (κ3) is 2.20. The first-order chi connectivity index (χ1) is 8.63. The van der Waals surface area contributed by atoms with E-state index >= 15 is 0 Å². The molecule has 0 aliphatic heterocycles. The van der Waals surface area contributed by atoms with Crippen LogP contribution in [-0.4, -0.2) is 9.96 Å². The zero-order valence-electron chi connectivity index (χ0n) is 10.9. The van der Waals surface area contributed by atoms with E-state index in [-0.39, 0.29) is 0 Å². The van der Waals surface area contributed by atoms with Gasteiger partial charge >= 0.3 is 0 Å². The Morgan fingerprint density at radius 1 is 1.33 bits per heavy atom. The molecule has 3 rings (SSSR count). The van der Waals surface area contributed by atoms with Crippen LogP contribution in [0.2, 0.25) is 0 Å². The fourth-order valence-corrected chi connectivity index (χ4v) is 5.18. The number of rotatable bonds is 3. The Labute approximate surface area is 111 Å². The molecule has 2 fully saturated rings. The number of hydrogen-bond donors (Lipinski definition) is 1. The van der Waals surface area contributed by atoms with E-state index in [9.17, 15) is 4.21 Å². The molecule has 0 saturated heterocycles. The SMILES string of the molecule is Cc1cc(S(=O)CC2CC3CCC2C3)ccc1N. The van der Waals surface area contributed by atoms with E-state index in [0.717, 1.165) is 33.7 Å². The first-order valence-corrected chi connectivity index (χ1v) is 8.20. The molecule has 0 amide bonds. The average molecular weight is 263 g/mol. The molecule has 0 spiro atoms. The van der Waals surface area contributed by atoms with Gasteiger partial charge in [-0.15, -0.1) is 0 Å². The zero-order valence-corrected chi connectivity index (χ0v) is 11.7. The topological polar surface area (TPSA) is 43.1 Å². The van der Waals surface area contributed by atoms with Crippen LogP contribution in [0.5, 0.6) is 0 Å². The largest absolute Gasteiger partial charge is 0.399 e. The molecule has 2 saturated carbocycles. The van der Waals surface area contributed by atoms with Gasteiger partial charge in [0.1, 0.15) is 0 Å². The summed E-state index contributed by atoms with van der Waals surface area (Å²) in [6.07, 6.45) is 5.48. The standard InChI is InChI=1S/C15H21NOS/c1-10-6-14(4-5-15(10)16)18(17)9-13-8-11-2-3-12(13)7-11/h4-6,11-13H,2-3,7-9,16H2,1H3. The maximum Gasteiger partial charge on any atom is 0.0532 e. The van der Waals surface area contributed by atoms with Crippen molar-refractivity contribution >= 4 is 16.5 Å². The number of nitrogens with two attached hydrogens (primary N) is 1. The first-order valence-electron chi connectivity index (χ1n) is 6.88. The molecule has 18 heavy (non-hydrogen) atoms. The van der Waals surface area contributed by atoms with Gasteiger partial charge in [-0.3, -0.25) is 4.21 Å². The number of anilines is 1. The van der Waals surface area contributed by atoms with E-state index in [1.165, 1.54) is 25.7 Å². The summed E-state index contributed by atoms with van der Waals surface area (Å²) in [5, 5.41) is 0. The summed E-state index contributed by atoms with van der Waals surface area (Å²) in [6, 6.07) is 5.79. The Morgan fingerprint density at radius 3 is 2.78 bits per heavy atom. The molecule has 1 aromatic rings. The zero-order chi connectivity index (χ0) is 12.7. The Kier molecular flexibility index (Phi) is 3.18. The third-order valence-corrected chi connectivity index (χ3v) is 6.26. The maximum absolute atomic E-state index is 12.4. The monoisotopic (exact) mass is 263 g/mol. The second-order valence-corrected chi connectivity index (χ2v) is 7.46. The minimum atomic E-state index is -0.849. The summed E-state index contributed by atoms with van der Waals surface area (Å²) in [7, 11) is -0.849. The predicted octanol–water partition coefficient (Wildman–Crippen LogP) is 3.12. The average Bonchev–Trinajstić information content (AvgIpc) is 2.94. The van der Waals surface area contributed by atoms with Crippen molar-refractivity contribution in [2.24, 2.45) is 17.8 Å². The predicted molar refractivity (Wildman–Crippen MR) is 75.8 cm³/mol. The third-order valence-electron chi connectivity index (χ3n) is 4.75. The molecule has 2 aliphatic carbocycles. The Bertz CT molecular complexity index is 485. The molecule has 1 aromatic carbocycles. The summed E-state index contributed by atoms with van der Waals surface area (Å²) < 4.78 is 12.4. The lowest BCUT2D eigenvalue weighted by Crippen LogP contribution is -2.18. The van der Waals surface area contributed by atoms with Crippen LogP contribution in [0, 0.1) is 24.7 Å². The van der Waals surface area contributed by atoms with Crippen LogP contribution in [0.4, 0.5) is 5.69 Å². The van der Waals surface area contributed by atoms with E-state index < -0.39 is 10.8 Å². The molecule has 0 radical (unpaired) electrons. The molecule has 4 unspecified atom stereocenters. The molecule has 0 aromatic heterocycles. The van der Waals surface area contributed by atoms with Gasteiger partial charge in [0.15, 0.2) is 0 Å². The van der Waals surface area contributed by atoms with Crippen LogP contribution < -0.4 is 5.73 Å². The summed E-state index contributed by atoms with van der Waals surface area (Å²) >= 11 is 0. The molecular formula is C15H21NOS. The van der Waals surface area contributed by atoms with Gasteiger partial charge in [-0.25, -0.2) is 0 Å². The number of nitrogen functional groups attached to an aromatic ring is 1. The molecule has 4 atom stereocenters. The minimum absolute atomic E-state index is 0.697. The fraction of sp³-hybridized carbons (Fsp3) is 0.600. The molecule has 0 heterocycles.